The molecule has 2 atom stereocenters. The number of aliphatic hydroxyl groups is 1. The van der Waals surface area contributed by atoms with Crippen molar-refractivity contribution < 1.29 is 14.6 Å². The predicted octanol–water partition coefficient (Wildman–Crippen LogP) is 2.29. The smallest absolute Gasteiger partial charge is 0.251 e. The largest absolute Gasteiger partial charge is 0.490 e. The molecule has 2 aromatic carbocycles. The fourth-order valence-corrected chi connectivity index (χ4v) is 3.63. The van der Waals surface area contributed by atoms with Gasteiger partial charge >= 0.3 is 0 Å². The maximum absolute atomic E-state index is 12.8. The van der Waals surface area contributed by atoms with Gasteiger partial charge in [-0.1, -0.05) is 24.3 Å². The Morgan fingerprint density at radius 2 is 2.12 bits per heavy atom. The van der Waals surface area contributed by atoms with E-state index in [1.54, 1.807) is 6.07 Å². The quantitative estimate of drug-likeness (QED) is 0.882. The van der Waals surface area contributed by atoms with Gasteiger partial charge in [-0.25, -0.2) is 0 Å². The van der Waals surface area contributed by atoms with Gasteiger partial charge in [0, 0.05) is 12.6 Å². The Morgan fingerprint density at radius 1 is 1.28 bits per heavy atom. The highest BCUT2D eigenvalue weighted by atomic mass is 16.5. The minimum absolute atomic E-state index is 0.178. The van der Waals surface area contributed by atoms with Crippen LogP contribution >= 0.6 is 0 Å². The lowest BCUT2D eigenvalue weighted by Crippen LogP contribution is -2.39. The molecule has 1 heterocycles. The van der Waals surface area contributed by atoms with Gasteiger partial charge in [-0.15, -0.1) is 0 Å². The summed E-state index contributed by atoms with van der Waals surface area (Å²) in [6.45, 7) is 1.45. The van der Waals surface area contributed by atoms with Gasteiger partial charge in [0.15, 0.2) is 0 Å². The molecule has 1 aliphatic heterocycles. The first-order chi connectivity index (χ1) is 12.1. The fourth-order valence-electron chi connectivity index (χ4n) is 3.63. The van der Waals surface area contributed by atoms with Crippen molar-refractivity contribution in [1.82, 2.24) is 5.32 Å². The molecule has 0 unspecified atom stereocenters. The zero-order valence-corrected chi connectivity index (χ0v) is 14.2. The van der Waals surface area contributed by atoms with Crippen LogP contribution in [0.5, 0.6) is 5.75 Å². The molecule has 2 aliphatic rings. The molecule has 5 nitrogen and oxygen atoms in total. The monoisotopic (exact) mass is 338 g/mol. The summed E-state index contributed by atoms with van der Waals surface area (Å²) in [6.07, 6.45) is 0.926. The first kappa shape index (κ1) is 16.0. The zero-order valence-electron chi connectivity index (χ0n) is 14.2. The zero-order chi connectivity index (χ0) is 17.4. The number of nitrogens with one attached hydrogen (secondary N) is 1. The number of anilines is 1. The number of nitrogens with zero attached hydrogens (tertiary/aromatic N) is 1. The molecule has 1 aliphatic carbocycles. The number of aliphatic hydroxyl groups excluding tert-OH is 1. The van der Waals surface area contributed by atoms with E-state index >= 15 is 0 Å². The Morgan fingerprint density at radius 3 is 3.00 bits per heavy atom. The molecule has 130 valence electrons. The van der Waals surface area contributed by atoms with Crippen LogP contribution in [0.3, 0.4) is 0 Å². The molecule has 25 heavy (non-hydrogen) atoms. The van der Waals surface area contributed by atoms with E-state index in [2.05, 4.69) is 16.3 Å². The Balaban J connectivity index is 1.59. The Hall–Kier alpha value is -2.53. The van der Waals surface area contributed by atoms with E-state index in [4.69, 9.17) is 4.74 Å². The standard InChI is InChI=1S/C20H22N2O3/c1-22-10-11-25-18-9-7-14(12-16(18)22)20(24)21-19-15-5-3-2-4-13(15)6-8-17(19)23/h2-5,7,9,12,17,19,23H,6,8,10-11H2,1H3,(H,21,24)/t17-,19+/m1/s1. The first-order valence-electron chi connectivity index (χ1n) is 8.68. The maximum Gasteiger partial charge on any atom is 0.251 e. The minimum atomic E-state index is -0.567. The van der Waals surface area contributed by atoms with Gasteiger partial charge in [0.2, 0.25) is 0 Å². The summed E-state index contributed by atoms with van der Waals surface area (Å²) < 4.78 is 5.63. The lowest BCUT2D eigenvalue weighted by molar-refractivity contribution is 0.0791. The normalized spacial score (nSPS) is 21.8. The third-order valence-corrected chi connectivity index (χ3v) is 5.09. The van der Waals surface area contributed by atoms with E-state index in [0.29, 0.717) is 18.6 Å². The summed E-state index contributed by atoms with van der Waals surface area (Å²) in [4.78, 5) is 14.9. The summed E-state index contributed by atoms with van der Waals surface area (Å²) in [7, 11) is 1.99. The first-order valence-corrected chi connectivity index (χ1v) is 8.68. The molecule has 2 aromatic rings. The maximum atomic E-state index is 12.8. The van der Waals surface area contributed by atoms with Gasteiger partial charge in [0.25, 0.3) is 5.91 Å². The van der Waals surface area contributed by atoms with Crippen LogP contribution in [0, 0.1) is 0 Å². The van der Waals surface area contributed by atoms with Crippen molar-refractivity contribution in [3.8, 4) is 5.75 Å². The Bertz CT molecular complexity index is 805. The van der Waals surface area contributed by atoms with E-state index in [1.807, 2.05) is 37.4 Å². The second-order valence-corrected chi connectivity index (χ2v) is 6.71. The average Bonchev–Trinajstić information content (AvgIpc) is 2.64. The van der Waals surface area contributed by atoms with Gasteiger partial charge < -0.3 is 20.1 Å². The van der Waals surface area contributed by atoms with Gasteiger partial charge in [-0.3, -0.25) is 4.79 Å². The highest BCUT2D eigenvalue weighted by Gasteiger charge is 2.29. The topological polar surface area (TPSA) is 61.8 Å². The van der Waals surface area contributed by atoms with Crippen LogP contribution in [0.15, 0.2) is 42.5 Å². The van der Waals surface area contributed by atoms with Crippen molar-refractivity contribution in [1.29, 1.82) is 0 Å². The lowest BCUT2D eigenvalue weighted by atomic mass is 9.85. The molecular formula is C20H22N2O3. The SMILES string of the molecule is CN1CCOc2ccc(C(=O)N[C@H]3c4ccccc4CC[C@H]3O)cc21. The summed E-state index contributed by atoms with van der Waals surface area (Å²) in [5, 5.41) is 13.4. The number of aryl methyl sites for hydroxylation is 1. The van der Waals surface area contributed by atoms with Gasteiger partial charge in [-0.05, 0) is 42.2 Å². The van der Waals surface area contributed by atoms with Gasteiger partial charge in [0.1, 0.15) is 12.4 Å². The third kappa shape index (κ3) is 2.96. The number of amides is 1. The molecule has 4 rings (SSSR count). The molecule has 0 bridgehead atoms. The molecule has 0 saturated heterocycles. The highest BCUT2D eigenvalue weighted by Crippen LogP contribution is 2.33. The second kappa shape index (κ2) is 6.41. The van der Waals surface area contributed by atoms with Crippen LogP contribution in [-0.4, -0.2) is 37.3 Å². The summed E-state index contributed by atoms with van der Waals surface area (Å²) in [6, 6.07) is 13.1. The molecular weight excluding hydrogens is 316 g/mol. The molecule has 0 fully saturated rings. The molecule has 5 heteroatoms. The number of likely N-dealkylation sites (N-methyl/N-ethyl adjacent to an activating group) is 1. The Labute approximate surface area is 147 Å². The molecule has 0 aromatic heterocycles. The number of benzene rings is 2. The van der Waals surface area contributed by atoms with Crippen molar-refractivity contribution in [2.24, 2.45) is 0 Å². The lowest BCUT2D eigenvalue weighted by Gasteiger charge is -2.31. The summed E-state index contributed by atoms with van der Waals surface area (Å²) in [5.74, 6) is 0.621. The predicted molar refractivity (Wildman–Crippen MR) is 96.2 cm³/mol. The number of ether oxygens (including phenoxy) is 1. The van der Waals surface area contributed by atoms with Crippen molar-refractivity contribution in [3.05, 3.63) is 59.2 Å². The van der Waals surface area contributed by atoms with E-state index in [9.17, 15) is 9.90 Å². The molecule has 2 N–H and O–H groups in total. The van der Waals surface area contributed by atoms with Crippen LogP contribution in [0.4, 0.5) is 5.69 Å². The molecule has 1 amide bonds. The van der Waals surface area contributed by atoms with E-state index < -0.39 is 6.10 Å². The van der Waals surface area contributed by atoms with E-state index in [0.717, 1.165) is 30.0 Å². The van der Waals surface area contributed by atoms with Crippen molar-refractivity contribution >= 4 is 11.6 Å². The Kier molecular flexibility index (Phi) is 4.09. The van der Waals surface area contributed by atoms with Crippen molar-refractivity contribution in [2.45, 2.75) is 25.0 Å². The van der Waals surface area contributed by atoms with Crippen molar-refractivity contribution in [3.63, 3.8) is 0 Å². The van der Waals surface area contributed by atoms with Crippen LogP contribution < -0.4 is 15.0 Å². The highest BCUT2D eigenvalue weighted by molar-refractivity contribution is 5.96. The number of hydrogen-bond acceptors (Lipinski definition) is 4. The fraction of sp³-hybridized carbons (Fsp3) is 0.350. The second-order valence-electron chi connectivity index (χ2n) is 6.71. The number of fused-ring (bicyclic) bond motifs is 2. The van der Waals surface area contributed by atoms with Gasteiger partial charge in [0.05, 0.1) is 24.4 Å². The summed E-state index contributed by atoms with van der Waals surface area (Å²) >= 11 is 0. The van der Waals surface area contributed by atoms with Crippen molar-refractivity contribution in [2.75, 3.05) is 25.1 Å². The minimum Gasteiger partial charge on any atom is -0.490 e. The van der Waals surface area contributed by atoms with Crippen LogP contribution in [0.25, 0.3) is 0 Å². The summed E-state index contributed by atoms with van der Waals surface area (Å²) in [5.41, 5.74) is 3.69. The third-order valence-electron chi connectivity index (χ3n) is 5.09. The molecule has 0 radical (unpaired) electrons. The number of hydrogen-bond donors (Lipinski definition) is 2. The molecule has 0 spiro atoms. The average molecular weight is 338 g/mol. The number of carbonyl (C=O) groups is 1. The van der Waals surface area contributed by atoms with Crippen LogP contribution in [-0.2, 0) is 6.42 Å². The van der Waals surface area contributed by atoms with Crippen LogP contribution in [0.1, 0.15) is 33.9 Å². The number of carbonyl (C=O) groups excluding carboxylic acids is 1. The van der Waals surface area contributed by atoms with E-state index in [1.165, 1.54) is 5.56 Å². The van der Waals surface area contributed by atoms with Gasteiger partial charge in [-0.2, -0.15) is 0 Å². The van der Waals surface area contributed by atoms with E-state index in [-0.39, 0.29) is 11.9 Å². The molecule has 0 saturated carbocycles. The van der Waals surface area contributed by atoms with Crippen LogP contribution in [0.2, 0.25) is 0 Å². The number of rotatable bonds is 2.